The number of rotatable bonds is 7. The summed E-state index contributed by atoms with van der Waals surface area (Å²) in [6.45, 7) is 0.545. The van der Waals surface area contributed by atoms with E-state index in [-0.39, 0.29) is 5.57 Å². The van der Waals surface area contributed by atoms with Crippen molar-refractivity contribution >= 4 is 29.3 Å². The van der Waals surface area contributed by atoms with E-state index in [1.807, 2.05) is 36.6 Å². The topological polar surface area (TPSA) is 93.4 Å². The average Bonchev–Trinajstić information content (AvgIpc) is 2.63. The third-order valence-corrected chi connectivity index (χ3v) is 4.69. The van der Waals surface area contributed by atoms with Gasteiger partial charge in [-0.25, -0.2) is 4.79 Å². The minimum Gasteiger partial charge on any atom is -0.480 e. The van der Waals surface area contributed by atoms with Gasteiger partial charge in [0.05, 0.1) is 0 Å². The molecule has 1 unspecified atom stereocenters. The summed E-state index contributed by atoms with van der Waals surface area (Å²) in [5, 5.41) is 21.3. The monoisotopic (exact) mass is 359 g/mol. The Morgan fingerprint density at radius 2 is 2.24 bits per heavy atom. The first-order valence-electron chi connectivity index (χ1n) is 8.06. The molecule has 0 saturated heterocycles. The Kier molecular flexibility index (Phi) is 6.90. The van der Waals surface area contributed by atoms with E-state index in [0.717, 1.165) is 24.1 Å². The van der Waals surface area contributed by atoms with Gasteiger partial charge in [0.15, 0.2) is 0 Å². The molecule has 2 rings (SSSR count). The number of thioether (sulfide) groups is 1. The highest BCUT2D eigenvalue weighted by molar-refractivity contribution is 7.98. The van der Waals surface area contributed by atoms with E-state index in [4.69, 9.17) is 0 Å². The van der Waals surface area contributed by atoms with E-state index >= 15 is 0 Å². The Balaban J connectivity index is 2.16. The van der Waals surface area contributed by atoms with Crippen LogP contribution in [0.3, 0.4) is 0 Å². The first kappa shape index (κ1) is 18.9. The standard InChI is InChI=1S/C18H21N3O3S/c1-25-10-8-15(18(23)24)20-12-14(11-19)17(22)21-9-4-6-13-5-2-3-7-16(13)21/h2-3,5,7,12,15,20H,4,6,8-10H2,1H3,(H,23,24)/b14-12-. The molecule has 0 bridgehead atoms. The van der Waals surface area contributed by atoms with Crippen LogP contribution in [-0.2, 0) is 16.0 Å². The Morgan fingerprint density at radius 3 is 2.92 bits per heavy atom. The van der Waals surface area contributed by atoms with Crippen LogP contribution in [0.25, 0.3) is 0 Å². The Labute approximate surface area is 151 Å². The maximum Gasteiger partial charge on any atom is 0.326 e. The highest BCUT2D eigenvalue weighted by Gasteiger charge is 2.25. The predicted molar refractivity (Wildman–Crippen MR) is 98.4 cm³/mol. The van der Waals surface area contributed by atoms with Gasteiger partial charge in [-0.3, -0.25) is 4.79 Å². The predicted octanol–water partition coefficient (Wildman–Crippen LogP) is 2.17. The number of carboxylic acids is 1. The number of nitriles is 1. The van der Waals surface area contributed by atoms with Gasteiger partial charge in [-0.2, -0.15) is 17.0 Å². The number of hydrogen-bond donors (Lipinski definition) is 2. The van der Waals surface area contributed by atoms with Gasteiger partial charge in [-0.1, -0.05) is 18.2 Å². The molecule has 0 radical (unpaired) electrons. The van der Waals surface area contributed by atoms with Crippen molar-refractivity contribution in [2.45, 2.75) is 25.3 Å². The number of carbonyl (C=O) groups excluding carboxylic acids is 1. The Hall–Kier alpha value is -2.46. The van der Waals surface area contributed by atoms with Crippen LogP contribution in [0.5, 0.6) is 0 Å². The van der Waals surface area contributed by atoms with E-state index in [1.54, 1.807) is 16.7 Å². The summed E-state index contributed by atoms with van der Waals surface area (Å²) in [5.74, 6) is -0.734. The first-order valence-corrected chi connectivity index (χ1v) is 9.45. The van der Waals surface area contributed by atoms with Crippen molar-refractivity contribution in [2.75, 3.05) is 23.5 Å². The van der Waals surface area contributed by atoms with Crippen LogP contribution in [-0.4, -0.2) is 41.6 Å². The van der Waals surface area contributed by atoms with Crippen LogP contribution in [0.15, 0.2) is 36.0 Å². The van der Waals surface area contributed by atoms with Crippen molar-refractivity contribution < 1.29 is 14.7 Å². The molecule has 25 heavy (non-hydrogen) atoms. The van der Waals surface area contributed by atoms with Gasteiger partial charge < -0.3 is 15.3 Å². The molecule has 1 atom stereocenters. The van der Waals surface area contributed by atoms with Crippen molar-refractivity contribution in [1.82, 2.24) is 5.32 Å². The van der Waals surface area contributed by atoms with Gasteiger partial charge in [0.25, 0.3) is 5.91 Å². The summed E-state index contributed by atoms with van der Waals surface area (Å²) in [4.78, 5) is 25.6. The molecule has 0 fully saturated rings. The maximum atomic E-state index is 12.7. The van der Waals surface area contributed by atoms with E-state index in [9.17, 15) is 20.0 Å². The molecule has 0 spiro atoms. The number of hydrogen-bond acceptors (Lipinski definition) is 5. The quantitative estimate of drug-likeness (QED) is 0.572. The fourth-order valence-corrected chi connectivity index (χ4v) is 3.20. The number of anilines is 1. The molecule has 0 aliphatic carbocycles. The lowest BCUT2D eigenvalue weighted by atomic mass is 10.0. The third-order valence-electron chi connectivity index (χ3n) is 4.04. The average molecular weight is 359 g/mol. The normalized spacial score (nSPS) is 15.0. The molecule has 7 heteroatoms. The molecule has 1 aromatic carbocycles. The van der Waals surface area contributed by atoms with Crippen molar-refractivity contribution in [2.24, 2.45) is 0 Å². The molecule has 0 aromatic heterocycles. The van der Waals surface area contributed by atoms with Crippen molar-refractivity contribution in [3.63, 3.8) is 0 Å². The molecular weight excluding hydrogens is 338 g/mol. The Bertz CT molecular complexity index is 712. The lowest BCUT2D eigenvalue weighted by Gasteiger charge is -2.29. The third kappa shape index (κ3) is 4.77. The smallest absolute Gasteiger partial charge is 0.326 e. The van der Waals surface area contributed by atoms with Gasteiger partial charge in [-0.15, -0.1) is 0 Å². The number of carbonyl (C=O) groups is 2. The van der Waals surface area contributed by atoms with E-state index < -0.39 is 17.9 Å². The molecule has 2 N–H and O–H groups in total. The summed E-state index contributed by atoms with van der Waals surface area (Å²) in [6, 6.07) is 8.71. The minimum atomic E-state index is -1.00. The van der Waals surface area contributed by atoms with E-state index in [1.165, 1.54) is 6.20 Å². The summed E-state index contributed by atoms with van der Waals surface area (Å²) < 4.78 is 0. The Morgan fingerprint density at radius 1 is 1.48 bits per heavy atom. The number of para-hydroxylation sites is 1. The maximum absolute atomic E-state index is 12.7. The molecule has 6 nitrogen and oxygen atoms in total. The summed E-state index contributed by atoms with van der Waals surface area (Å²) in [5.41, 5.74) is 1.81. The molecule has 132 valence electrons. The van der Waals surface area contributed by atoms with Gasteiger partial charge in [0.2, 0.25) is 0 Å². The molecule has 1 aliphatic rings. The van der Waals surface area contributed by atoms with Crippen molar-refractivity contribution in [1.29, 1.82) is 5.26 Å². The minimum absolute atomic E-state index is 0.0906. The highest BCUT2D eigenvalue weighted by atomic mass is 32.2. The van der Waals surface area contributed by atoms with Gasteiger partial charge in [0, 0.05) is 18.4 Å². The van der Waals surface area contributed by atoms with Gasteiger partial charge in [0.1, 0.15) is 17.7 Å². The van der Waals surface area contributed by atoms with E-state index in [0.29, 0.717) is 18.7 Å². The largest absolute Gasteiger partial charge is 0.480 e. The molecule has 1 amide bonds. The number of nitrogens with zero attached hydrogens (tertiary/aromatic N) is 2. The zero-order valence-corrected chi connectivity index (χ0v) is 14.9. The lowest BCUT2D eigenvalue weighted by Crippen LogP contribution is -2.38. The highest BCUT2D eigenvalue weighted by Crippen LogP contribution is 2.27. The molecule has 1 heterocycles. The fraction of sp³-hybridized carbons (Fsp3) is 0.389. The first-order chi connectivity index (χ1) is 12.1. The number of carboxylic acid groups (broad SMARTS) is 1. The zero-order chi connectivity index (χ0) is 18.2. The molecular formula is C18H21N3O3S. The molecule has 1 aromatic rings. The second-order valence-electron chi connectivity index (χ2n) is 5.70. The number of nitrogens with one attached hydrogen (secondary N) is 1. The zero-order valence-electron chi connectivity index (χ0n) is 14.1. The molecule has 0 saturated carbocycles. The lowest BCUT2D eigenvalue weighted by molar-refractivity contribution is -0.139. The van der Waals surface area contributed by atoms with Crippen LogP contribution in [0.1, 0.15) is 18.4 Å². The summed E-state index contributed by atoms with van der Waals surface area (Å²) in [6.07, 6.45) is 5.28. The number of aryl methyl sites for hydroxylation is 1. The second kappa shape index (κ2) is 9.14. The van der Waals surface area contributed by atoms with Gasteiger partial charge in [-0.05, 0) is 42.9 Å². The van der Waals surface area contributed by atoms with Crippen LogP contribution in [0, 0.1) is 11.3 Å². The molecule has 1 aliphatic heterocycles. The second-order valence-corrected chi connectivity index (χ2v) is 6.68. The van der Waals surface area contributed by atoms with Crippen LogP contribution < -0.4 is 10.2 Å². The number of aliphatic carboxylic acids is 1. The van der Waals surface area contributed by atoms with Crippen LogP contribution in [0.2, 0.25) is 0 Å². The van der Waals surface area contributed by atoms with Crippen LogP contribution in [0.4, 0.5) is 5.69 Å². The summed E-state index contributed by atoms with van der Waals surface area (Å²) in [7, 11) is 0. The summed E-state index contributed by atoms with van der Waals surface area (Å²) >= 11 is 1.54. The van der Waals surface area contributed by atoms with Gasteiger partial charge >= 0.3 is 5.97 Å². The fourth-order valence-electron chi connectivity index (χ4n) is 2.73. The SMILES string of the molecule is CSCCC(N/C=C(/C#N)C(=O)N1CCCc2ccccc21)C(=O)O. The van der Waals surface area contributed by atoms with Crippen LogP contribution >= 0.6 is 11.8 Å². The number of amides is 1. The number of fused-ring (bicyclic) bond motifs is 1. The number of benzene rings is 1. The van der Waals surface area contributed by atoms with Crippen molar-refractivity contribution in [3.05, 3.63) is 41.6 Å². The van der Waals surface area contributed by atoms with Crippen molar-refractivity contribution in [3.8, 4) is 6.07 Å². The van der Waals surface area contributed by atoms with E-state index in [2.05, 4.69) is 5.32 Å².